The van der Waals surface area contributed by atoms with Gasteiger partial charge in [0, 0.05) is 38.5 Å². The molecular weight excluding hydrogens is 296 g/mol. The fourth-order valence-corrected chi connectivity index (χ4v) is 2.95. The molecular formula is C15H20N6O2. The third-order valence-electron chi connectivity index (χ3n) is 4.10. The lowest BCUT2D eigenvalue weighted by atomic mass is 10.1. The molecule has 122 valence electrons. The van der Waals surface area contributed by atoms with E-state index in [0.29, 0.717) is 18.2 Å². The van der Waals surface area contributed by atoms with Crippen molar-refractivity contribution in [1.29, 1.82) is 0 Å². The van der Waals surface area contributed by atoms with Gasteiger partial charge in [0.25, 0.3) is 0 Å². The molecule has 23 heavy (non-hydrogen) atoms. The van der Waals surface area contributed by atoms with Crippen LogP contribution in [0.3, 0.4) is 0 Å². The van der Waals surface area contributed by atoms with Crippen LogP contribution in [0.15, 0.2) is 18.3 Å². The zero-order valence-electron chi connectivity index (χ0n) is 13.6. The minimum atomic E-state index is -0.130. The third-order valence-corrected chi connectivity index (χ3v) is 4.10. The Bertz CT molecular complexity index is 729. The molecule has 2 aromatic heterocycles. The number of rotatable bonds is 4. The highest BCUT2D eigenvalue weighted by Crippen LogP contribution is 2.33. The quantitative estimate of drug-likeness (QED) is 0.902. The van der Waals surface area contributed by atoms with Crippen LogP contribution in [0.2, 0.25) is 0 Å². The van der Waals surface area contributed by atoms with Crippen molar-refractivity contribution < 1.29 is 9.53 Å². The van der Waals surface area contributed by atoms with E-state index in [9.17, 15) is 4.79 Å². The maximum absolute atomic E-state index is 12.2. The van der Waals surface area contributed by atoms with Crippen LogP contribution in [0.4, 0.5) is 5.95 Å². The van der Waals surface area contributed by atoms with E-state index in [2.05, 4.69) is 20.4 Å². The van der Waals surface area contributed by atoms with Gasteiger partial charge in [-0.25, -0.2) is 4.98 Å². The Kier molecular flexibility index (Phi) is 3.89. The molecule has 8 nitrogen and oxygen atoms in total. The number of carbonyl (C=O) groups is 1. The number of methoxy groups -OCH3 is 1. The molecule has 1 N–H and O–H groups in total. The summed E-state index contributed by atoms with van der Waals surface area (Å²) in [5, 5.41) is 7.48. The molecule has 1 amide bonds. The molecule has 0 aliphatic carbocycles. The van der Waals surface area contributed by atoms with Crippen molar-refractivity contribution >= 4 is 11.9 Å². The second-order valence-electron chi connectivity index (χ2n) is 5.66. The number of ether oxygens (including phenoxy) is 1. The summed E-state index contributed by atoms with van der Waals surface area (Å²) < 4.78 is 6.96. The molecule has 1 saturated heterocycles. The summed E-state index contributed by atoms with van der Waals surface area (Å²) >= 11 is 0. The minimum absolute atomic E-state index is 0.0771. The van der Waals surface area contributed by atoms with Gasteiger partial charge >= 0.3 is 0 Å². The van der Waals surface area contributed by atoms with Gasteiger partial charge in [0.1, 0.15) is 0 Å². The summed E-state index contributed by atoms with van der Waals surface area (Å²) in [5.74, 6) is 1.03. The van der Waals surface area contributed by atoms with Crippen molar-refractivity contribution in [1.82, 2.24) is 24.6 Å². The molecule has 0 saturated carbocycles. The van der Waals surface area contributed by atoms with Crippen molar-refractivity contribution in [3.8, 4) is 5.88 Å². The number of nitrogens with one attached hydrogen (secondary N) is 1. The molecule has 1 fully saturated rings. The first kappa shape index (κ1) is 15.3. The van der Waals surface area contributed by atoms with Crippen LogP contribution in [0, 0.1) is 6.92 Å². The van der Waals surface area contributed by atoms with E-state index in [1.807, 2.05) is 20.0 Å². The first-order valence-electron chi connectivity index (χ1n) is 7.39. The van der Waals surface area contributed by atoms with Gasteiger partial charge in [-0.3, -0.25) is 9.48 Å². The highest BCUT2D eigenvalue weighted by atomic mass is 16.5. The second kappa shape index (κ2) is 5.86. The molecule has 0 bridgehead atoms. The molecule has 3 heterocycles. The number of hydrogen-bond acceptors (Lipinski definition) is 6. The number of aryl methyl sites for hydroxylation is 2. The second-order valence-corrected chi connectivity index (χ2v) is 5.66. The van der Waals surface area contributed by atoms with Crippen molar-refractivity contribution in [2.24, 2.45) is 7.05 Å². The van der Waals surface area contributed by atoms with E-state index in [-0.39, 0.29) is 18.0 Å². The summed E-state index contributed by atoms with van der Waals surface area (Å²) in [7, 11) is 5.24. The van der Waals surface area contributed by atoms with Gasteiger partial charge < -0.3 is 15.0 Å². The first-order valence-corrected chi connectivity index (χ1v) is 7.39. The summed E-state index contributed by atoms with van der Waals surface area (Å²) in [5.41, 5.74) is 1.77. The van der Waals surface area contributed by atoms with E-state index >= 15 is 0 Å². The molecule has 1 aliphatic heterocycles. The van der Waals surface area contributed by atoms with Crippen LogP contribution in [0.1, 0.15) is 23.9 Å². The Morgan fingerprint density at radius 2 is 2.13 bits per heavy atom. The Morgan fingerprint density at radius 1 is 1.35 bits per heavy atom. The highest BCUT2D eigenvalue weighted by molar-refractivity contribution is 5.80. The fraction of sp³-hybridized carbons (Fsp3) is 0.467. The molecule has 2 atom stereocenters. The maximum Gasteiger partial charge on any atom is 0.226 e. The maximum atomic E-state index is 12.2. The summed E-state index contributed by atoms with van der Waals surface area (Å²) in [4.78, 5) is 22.6. The number of anilines is 1. The number of amides is 1. The van der Waals surface area contributed by atoms with E-state index in [0.717, 1.165) is 11.4 Å². The molecule has 3 rings (SSSR count). The Balaban J connectivity index is 1.90. The number of likely N-dealkylation sites (N-methyl/N-ethyl adjacent to an activating group) is 1. The van der Waals surface area contributed by atoms with Crippen molar-refractivity contribution in [3.05, 3.63) is 29.7 Å². The molecule has 0 aromatic carbocycles. The van der Waals surface area contributed by atoms with Gasteiger partial charge in [-0.15, -0.1) is 0 Å². The largest absolute Gasteiger partial charge is 0.481 e. The molecule has 1 aliphatic rings. The topological polar surface area (TPSA) is 85.2 Å². The monoisotopic (exact) mass is 316 g/mol. The molecule has 0 radical (unpaired) electrons. The van der Waals surface area contributed by atoms with Crippen LogP contribution in [0.5, 0.6) is 5.88 Å². The fourth-order valence-electron chi connectivity index (χ4n) is 2.95. The Hall–Kier alpha value is -2.64. The van der Waals surface area contributed by atoms with Gasteiger partial charge in [0.2, 0.25) is 17.7 Å². The van der Waals surface area contributed by atoms with Crippen LogP contribution >= 0.6 is 0 Å². The predicted molar refractivity (Wildman–Crippen MR) is 84.1 cm³/mol. The lowest BCUT2D eigenvalue weighted by molar-refractivity contribution is -0.127. The molecule has 2 aromatic rings. The predicted octanol–water partition coefficient (Wildman–Crippen LogP) is 0.911. The van der Waals surface area contributed by atoms with Crippen molar-refractivity contribution in [2.45, 2.75) is 25.4 Å². The number of carbonyl (C=O) groups excluding carboxylic acids is 1. The molecule has 0 unspecified atom stereocenters. The zero-order chi connectivity index (χ0) is 16.6. The standard InChI is InChI=1S/C15H20N6O2/c1-9-7-12(23-4)19-15(17-9)18-10-8-13(22)20(2)14(10)11-5-6-16-21(11)3/h5-7,10,14H,8H2,1-4H3,(H,17,18,19)/t10-,14-/m1/s1. The zero-order valence-corrected chi connectivity index (χ0v) is 13.6. The molecule has 0 spiro atoms. The van der Waals surface area contributed by atoms with Crippen molar-refractivity contribution in [2.75, 3.05) is 19.5 Å². The summed E-state index contributed by atoms with van der Waals surface area (Å²) in [6.07, 6.45) is 2.11. The summed E-state index contributed by atoms with van der Waals surface area (Å²) in [6.45, 7) is 1.87. The Morgan fingerprint density at radius 3 is 2.78 bits per heavy atom. The summed E-state index contributed by atoms with van der Waals surface area (Å²) in [6, 6.07) is 3.43. The van der Waals surface area contributed by atoms with Gasteiger partial charge in [-0.1, -0.05) is 0 Å². The van der Waals surface area contributed by atoms with E-state index in [1.54, 1.807) is 36.0 Å². The molecule has 8 heteroatoms. The van der Waals surface area contributed by atoms with Gasteiger partial charge in [-0.2, -0.15) is 10.1 Å². The van der Waals surface area contributed by atoms with Gasteiger partial charge in [0.15, 0.2) is 0 Å². The lowest BCUT2D eigenvalue weighted by Crippen LogP contribution is -2.32. The average molecular weight is 316 g/mol. The highest BCUT2D eigenvalue weighted by Gasteiger charge is 2.40. The number of hydrogen-bond donors (Lipinski definition) is 1. The van der Waals surface area contributed by atoms with Gasteiger partial charge in [-0.05, 0) is 13.0 Å². The number of nitrogens with zero attached hydrogens (tertiary/aromatic N) is 5. The first-order chi connectivity index (χ1) is 11.0. The van der Waals surface area contributed by atoms with Crippen LogP contribution in [-0.4, -0.2) is 50.8 Å². The third kappa shape index (κ3) is 2.84. The normalized spacial score (nSPS) is 20.9. The number of likely N-dealkylation sites (tertiary alicyclic amines) is 1. The van der Waals surface area contributed by atoms with Crippen LogP contribution in [-0.2, 0) is 11.8 Å². The van der Waals surface area contributed by atoms with E-state index in [1.165, 1.54) is 0 Å². The number of aromatic nitrogens is 4. The lowest BCUT2D eigenvalue weighted by Gasteiger charge is -2.25. The average Bonchev–Trinajstić information content (AvgIpc) is 3.03. The van der Waals surface area contributed by atoms with Crippen LogP contribution in [0.25, 0.3) is 0 Å². The van der Waals surface area contributed by atoms with E-state index < -0.39 is 0 Å². The van der Waals surface area contributed by atoms with Gasteiger partial charge in [0.05, 0.1) is 24.9 Å². The smallest absolute Gasteiger partial charge is 0.226 e. The SMILES string of the molecule is COc1cc(C)nc(N[C@@H]2CC(=O)N(C)[C@H]2c2ccnn2C)n1. The Labute approximate surface area is 134 Å². The van der Waals surface area contributed by atoms with E-state index in [4.69, 9.17) is 4.74 Å². The van der Waals surface area contributed by atoms with Crippen molar-refractivity contribution in [3.63, 3.8) is 0 Å². The van der Waals surface area contributed by atoms with Crippen LogP contribution < -0.4 is 10.1 Å². The minimum Gasteiger partial charge on any atom is -0.481 e.